The Morgan fingerprint density at radius 2 is 1.77 bits per heavy atom. The van der Waals surface area contributed by atoms with Gasteiger partial charge in [0.25, 0.3) is 5.56 Å². The molecule has 0 radical (unpaired) electrons. The second kappa shape index (κ2) is 5.66. The van der Waals surface area contributed by atoms with Crippen LogP contribution < -0.4 is 5.56 Å². The number of benzene rings is 2. The van der Waals surface area contributed by atoms with Crippen molar-refractivity contribution in [1.82, 2.24) is 9.78 Å². The first kappa shape index (κ1) is 13.8. The topological polar surface area (TPSA) is 58.7 Å². The van der Waals surface area contributed by atoms with Gasteiger partial charge in [-0.25, -0.2) is 4.68 Å². The summed E-state index contributed by atoms with van der Waals surface area (Å²) in [5, 5.41) is 13.4. The van der Waals surface area contributed by atoms with Gasteiger partial charge in [-0.05, 0) is 29.3 Å². The molecule has 0 aliphatic rings. The third kappa shape index (κ3) is 2.52. The van der Waals surface area contributed by atoms with E-state index in [0.717, 1.165) is 22.4 Å². The van der Waals surface area contributed by atoms with Gasteiger partial charge in [0.1, 0.15) is 0 Å². The van der Waals surface area contributed by atoms with Crippen LogP contribution in [0.5, 0.6) is 0 Å². The van der Waals surface area contributed by atoms with Crippen LogP contribution >= 0.6 is 0 Å². The van der Waals surface area contributed by atoms with Gasteiger partial charge in [0, 0.05) is 18.7 Å². The van der Waals surface area contributed by atoms with Crippen molar-refractivity contribution in [1.29, 1.82) is 5.26 Å². The highest BCUT2D eigenvalue weighted by atomic mass is 16.1. The van der Waals surface area contributed by atoms with Gasteiger partial charge in [-0.2, -0.15) is 10.4 Å². The average Bonchev–Trinajstić information content (AvgIpc) is 2.57. The van der Waals surface area contributed by atoms with Crippen molar-refractivity contribution in [2.24, 2.45) is 7.05 Å². The lowest BCUT2D eigenvalue weighted by Gasteiger charge is -2.10. The summed E-state index contributed by atoms with van der Waals surface area (Å²) >= 11 is 0. The van der Waals surface area contributed by atoms with E-state index in [2.05, 4.69) is 11.2 Å². The molecule has 0 atom stereocenters. The standard InChI is InChI=1S/C18H13N3O/c1-21-18(22)10-9-17(20-21)16-8-3-2-7-15(16)14-6-4-5-13(11-14)12-19/h2-11H,1H3. The Kier molecular flexibility index (Phi) is 3.55. The highest BCUT2D eigenvalue weighted by Crippen LogP contribution is 2.30. The van der Waals surface area contributed by atoms with E-state index in [9.17, 15) is 4.79 Å². The molecule has 0 bridgehead atoms. The lowest BCUT2D eigenvalue weighted by molar-refractivity contribution is 0.712. The average molecular weight is 287 g/mol. The van der Waals surface area contributed by atoms with Crippen LogP contribution in [0.2, 0.25) is 0 Å². The van der Waals surface area contributed by atoms with Gasteiger partial charge < -0.3 is 0 Å². The van der Waals surface area contributed by atoms with Gasteiger partial charge in [-0.3, -0.25) is 4.79 Å². The van der Waals surface area contributed by atoms with E-state index in [4.69, 9.17) is 5.26 Å². The Balaban J connectivity index is 2.20. The van der Waals surface area contributed by atoms with Crippen LogP contribution in [0.25, 0.3) is 22.4 Å². The minimum absolute atomic E-state index is 0.146. The summed E-state index contributed by atoms with van der Waals surface area (Å²) < 4.78 is 1.32. The molecule has 0 fully saturated rings. The molecule has 0 N–H and O–H groups in total. The molecule has 0 saturated carbocycles. The Labute approximate surface area is 127 Å². The second-order valence-electron chi connectivity index (χ2n) is 4.92. The predicted molar refractivity (Wildman–Crippen MR) is 85.1 cm³/mol. The highest BCUT2D eigenvalue weighted by Gasteiger charge is 2.09. The van der Waals surface area contributed by atoms with E-state index in [-0.39, 0.29) is 5.56 Å². The lowest BCUT2D eigenvalue weighted by atomic mass is 9.96. The van der Waals surface area contributed by atoms with Gasteiger partial charge in [0.05, 0.1) is 17.3 Å². The number of nitriles is 1. The third-order valence-electron chi connectivity index (χ3n) is 3.47. The van der Waals surface area contributed by atoms with Crippen molar-refractivity contribution in [3.63, 3.8) is 0 Å². The maximum Gasteiger partial charge on any atom is 0.266 e. The first-order chi connectivity index (χ1) is 10.7. The Hall–Kier alpha value is -3.19. The minimum atomic E-state index is -0.146. The van der Waals surface area contributed by atoms with Crippen molar-refractivity contribution in [2.75, 3.05) is 0 Å². The fourth-order valence-corrected chi connectivity index (χ4v) is 2.36. The zero-order valence-corrected chi connectivity index (χ0v) is 12.0. The number of aromatic nitrogens is 2. The van der Waals surface area contributed by atoms with Crippen molar-refractivity contribution < 1.29 is 0 Å². The molecule has 3 rings (SSSR count). The molecule has 4 heteroatoms. The molecular weight excluding hydrogens is 274 g/mol. The van der Waals surface area contributed by atoms with Crippen LogP contribution in [-0.4, -0.2) is 9.78 Å². The van der Waals surface area contributed by atoms with Crippen LogP contribution in [0.4, 0.5) is 0 Å². The van der Waals surface area contributed by atoms with Gasteiger partial charge >= 0.3 is 0 Å². The fraction of sp³-hybridized carbons (Fsp3) is 0.0556. The molecule has 4 nitrogen and oxygen atoms in total. The molecule has 106 valence electrons. The maximum atomic E-state index is 11.5. The molecule has 0 spiro atoms. The molecule has 1 aromatic heterocycles. The summed E-state index contributed by atoms with van der Waals surface area (Å²) in [4.78, 5) is 11.5. The van der Waals surface area contributed by atoms with E-state index in [0.29, 0.717) is 5.56 Å². The van der Waals surface area contributed by atoms with Crippen LogP contribution in [0.1, 0.15) is 5.56 Å². The largest absolute Gasteiger partial charge is 0.268 e. The van der Waals surface area contributed by atoms with Crippen molar-refractivity contribution in [2.45, 2.75) is 0 Å². The van der Waals surface area contributed by atoms with Crippen LogP contribution in [0.3, 0.4) is 0 Å². The molecule has 1 heterocycles. The van der Waals surface area contributed by atoms with Crippen molar-refractivity contribution in [3.8, 4) is 28.5 Å². The first-order valence-corrected chi connectivity index (χ1v) is 6.83. The van der Waals surface area contributed by atoms with Gasteiger partial charge in [-0.15, -0.1) is 0 Å². The molecule has 0 aliphatic carbocycles. The summed E-state index contributed by atoms with van der Waals surface area (Å²) in [7, 11) is 1.63. The fourth-order valence-electron chi connectivity index (χ4n) is 2.36. The van der Waals surface area contributed by atoms with E-state index >= 15 is 0 Å². The van der Waals surface area contributed by atoms with Gasteiger partial charge in [-0.1, -0.05) is 36.4 Å². The summed E-state index contributed by atoms with van der Waals surface area (Å²) in [5.41, 5.74) is 4.04. The SMILES string of the molecule is Cn1nc(-c2ccccc2-c2cccc(C#N)c2)ccc1=O. The van der Waals surface area contributed by atoms with Crippen molar-refractivity contribution in [3.05, 3.63) is 76.6 Å². The monoisotopic (exact) mass is 287 g/mol. The van der Waals surface area contributed by atoms with Crippen LogP contribution in [0.15, 0.2) is 65.5 Å². The zero-order valence-electron chi connectivity index (χ0n) is 12.0. The number of nitrogens with zero attached hydrogens (tertiary/aromatic N) is 3. The van der Waals surface area contributed by atoms with Crippen molar-refractivity contribution >= 4 is 0 Å². The maximum absolute atomic E-state index is 11.5. The molecule has 3 aromatic rings. The minimum Gasteiger partial charge on any atom is -0.268 e. The Morgan fingerprint density at radius 1 is 1.00 bits per heavy atom. The van der Waals surface area contributed by atoms with E-state index < -0.39 is 0 Å². The Morgan fingerprint density at radius 3 is 2.50 bits per heavy atom. The van der Waals surface area contributed by atoms with Gasteiger partial charge in [0.2, 0.25) is 0 Å². The molecule has 2 aromatic carbocycles. The van der Waals surface area contributed by atoms with E-state index in [1.54, 1.807) is 19.2 Å². The molecular formula is C18H13N3O. The summed E-state index contributed by atoms with van der Waals surface area (Å²) in [5.74, 6) is 0. The van der Waals surface area contributed by atoms with Crippen LogP contribution in [0, 0.1) is 11.3 Å². The quantitative estimate of drug-likeness (QED) is 0.728. The summed E-state index contributed by atoms with van der Waals surface area (Å²) in [6, 6.07) is 20.6. The summed E-state index contributed by atoms with van der Waals surface area (Å²) in [6.07, 6.45) is 0. The number of hydrogen-bond acceptors (Lipinski definition) is 3. The Bertz CT molecular complexity index is 935. The lowest BCUT2D eigenvalue weighted by Crippen LogP contribution is -2.18. The summed E-state index contributed by atoms with van der Waals surface area (Å²) in [6.45, 7) is 0. The second-order valence-corrected chi connectivity index (χ2v) is 4.92. The van der Waals surface area contributed by atoms with Crippen LogP contribution in [-0.2, 0) is 7.05 Å². The number of aryl methyl sites for hydroxylation is 1. The molecule has 0 saturated heterocycles. The zero-order chi connectivity index (χ0) is 15.5. The predicted octanol–water partition coefficient (Wildman–Crippen LogP) is 2.99. The number of hydrogen-bond donors (Lipinski definition) is 0. The number of rotatable bonds is 2. The van der Waals surface area contributed by atoms with E-state index in [1.807, 2.05) is 42.5 Å². The molecule has 0 unspecified atom stereocenters. The molecule has 0 aliphatic heterocycles. The third-order valence-corrected chi connectivity index (χ3v) is 3.47. The molecule has 0 amide bonds. The van der Waals surface area contributed by atoms with E-state index in [1.165, 1.54) is 10.7 Å². The van der Waals surface area contributed by atoms with Gasteiger partial charge in [0.15, 0.2) is 0 Å². The highest BCUT2D eigenvalue weighted by molar-refractivity contribution is 5.82. The normalized spacial score (nSPS) is 10.2. The first-order valence-electron chi connectivity index (χ1n) is 6.83. The smallest absolute Gasteiger partial charge is 0.266 e. The molecule has 22 heavy (non-hydrogen) atoms.